The SMILES string of the molecule is O=C(NCCc1cccc(Cl)c1)C1CCC(=O)N1Cc1ccccc1. The van der Waals surface area contributed by atoms with Gasteiger partial charge in [0, 0.05) is 24.5 Å². The van der Waals surface area contributed by atoms with Crippen molar-refractivity contribution in [1.82, 2.24) is 10.2 Å². The van der Waals surface area contributed by atoms with Crippen molar-refractivity contribution >= 4 is 23.4 Å². The van der Waals surface area contributed by atoms with E-state index in [1.165, 1.54) is 0 Å². The van der Waals surface area contributed by atoms with E-state index in [1.807, 2.05) is 54.6 Å². The molecule has 2 aromatic carbocycles. The van der Waals surface area contributed by atoms with Crippen LogP contribution in [-0.4, -0.2) is 29.3 Å². The minimum Gasteiger partial charge on any atom is -0.354 e. The van der Waals surface area contributed by atoms with Gasteiger partial charge in [0.2, 0.25) is 11.8 Å². The van der Waals surface area contributed by atoms with Crippen LogP contribution in [0.4, 0.5) is 0 Å². The summed E-state index contributed by atoms with van der Waals surface area (Å²) in [6.07, 6.45) is 1.72. The first-order valence-corrected chi connectivity index (χ1v) is 8.87. The van der Waals surface area contributed by atoms with Gasteiger partial charge in [0.1, 0.15) is 6.04 Å². The van der Waals surface area contributed by atoms with E-state index in [1.54, 1.807) is 4.90 Å². The highest BCUT2D eigenvalue weighted by atomic mass is 35.5. The van der Waals surface area contributed by atoms with Gasteiger partial charge in [-0.2, -0.15) is 0 Å². The Balaban J connectivity index is 1.55. The highest BCUT2D eigenvalue weighted by Crippen LogP contribution is 2.21. The van der Waals surface area contributed by atoms with Crippen LogP contribution in [0.1, 0.15) is 24.0 Å². The summed E-state index contributed by atoms with van der Waals surface area (Å²) >= 11 is 5.97. The Kier molecular flexibility index (Phi) is 5.71. The molecule has 1 unspecified atom stereocenters. The number of carbonyl (C=O) groups is 2. The van der Waals surface area contributed by atoms with E-state index >= 15 is 0 Å². The molecule has 1 atom stereocenters. The monoisotopic (exact) mass is 356 g/mol. The van der Waals surface area contributed by atoms with E-state index in [2.05, 4.69) is 5.32 Å². The Morgan fingerprint density at radius 3 is 2.64 bits per heavy atom. The number of nitrogens with zero attached hydrogens (tertiary/aromatic N) is 1. The van der Waals surface area contributed by atoms with Crippen LogP contribution >= 0.6 is 11.6 Å². The Morgan fingerprint density at radius 1 is 1.12 bits per heavy atom. The van der Waals surface area contributed by atoms with Gasteiger partial charge in [-0.15, -0.1) is 0 Å². The Labute approximate surface area is 152 Å². The van der Waals surface area contributed by atoms with Crippen molar-refractivity contribution in [1.29, 1.82) is 0 Å². The molecule has 130 valence electrons. The molecule has 0 aromatic heterocycles. The molecule has 5 heteroatoms. The van der Waals surface area contributed by atoms with Crippen LogP contribution < -0.4 is 5.32 Å². The lowest BCUT2D eigenvalue weighted by Gasteiger charge is -2.24. The van der Waals surface area contributed by atoms with Crippen LogP contribution in [0.15, 0.2) is 54.6 Å². The van der Waals surface area contributed by atoms with Crippen molar-refractivity contribution in [3.05, 3.63) is 70.7 Å². The Morgan fingerprint density at radius 2 is 1.88 bits per heavy atom. The minimum absolute atomic E-state index is 0.0406. The van der Waals surface area contributed by atoms with E-state index in [0.29, 0.717) is 37.4 Å². The summed E-state index contributed by atoms with van der Waals surface area (Å²) in [6.45, 7) is 1.01. The number of halogens is 1. The van der Waals surface area contributed by atoms with Crippen LogP contribution in [0, 0.1) is 0 Å². The lowest BCUT2D eigenvalue weighted by molar-refractivity contribution is -0.135. The third-order valence-electron chi connectivity index (χ3n) is 4.43. The van der Waals surface area contributed by atoms with Crippen LogP contribution in [0.2, 0.25) is 5.02 Å². The van der Waals surface area contributed by atoms with E-state index in [4.69, 9.17) is 11.6 Å². The average molecular weight is 357 g/mol. The first-order chi connectivity index (χ1) is 12.1. The maximum absolute atomic E-state index is 12.5. The largest absolute Gasteiger partial charge is 0.354 e. The van der Waals surface area contributed by atoms with Gasteiger partial charge in [0.25, 0.3) is 0 Å². The molecule has 4 nitrogen and oxygen atoms in total. The molecule has 3 rings (SSSR count). The molecule has 0 saturated carbocycles. The number of hydrogen-bond donors (Lipinski definition) is 1. The Hall–Kier alpha value is -2.33. The number of rotatable bonds is 6. The number of benzene rings is 2. The first kappa shape index (κ1) is 17.5. The molecule has 25 heavy (non-hydrogen) atoms. The van der Waals surface area contributed by atoms with Gasteiger partial charge < -0.3 is 10.2 Å². The van der Waals surface area contributed by atoms with Crippen molar-refractivity contribution in [3.63, 3.8) is 0 Å². The quantitative estimate of drug-likeness (QED) is 0.864. The van der Waals surface area contributed by atoms with Crippen LogP contribution in [0.25, 0.3) is 0 Å². The molecule has 1 aliphatic heterocycles. The normalized spacial score (nSPS) is 16.9. The van der Waals surface area contributed by atoms with Crippen LogP contribution in [0.3, 0.4) is 0 Å². The average Bonchev–Trinajstić information content (AvgIpc) is 2.97. The summed E-state index contributed by atoms with van der Waals surface area (Å²) in [5, 5.41) is 3.65. The van der Waals surface area contributed by atoms with Crippen LogP contribution in [-0.2, 0) is 22.6 Å². The van der Waals surface area contributed by atoms with E-state index in [-0.39, 0.29) is 17.9 Å². The molecular formula is C20H21ClN2O2. The highest BCUT2D eigenvalue weighted by Gasteiger charge is 2.35. The molecule has 0 bridgehead atoms. The lowest BCUT2D eigenvalue weighted by atomic mass is 10.1. The zero-order valence-corrected chi connectivity index (χ0v) is 14.7. The summed E-state index contributed by atoms with van der Waals surface area (Å²) in [6, 6.07) is 17.0. The van der Waals surface area contributed by atoms with Gasteiger partial charge in [-0.05, 0) is 36.1 Å². The van der Waals surface area contributed by atoms with Crippen molar-refractivity contribution in [3.8, 4) is 0 Å². The predicted octanol–water partition coefficient (Wildman–Crippen LogP) is 3.19. The summed E-state index contributed by atoms with van der Waals surface area (Å²) in [5.74, 6) is -0.0392. The van der Waals surface area contributed by atoms with Gasteiger partial charge in [-0.25, -0.2) is 0 Å². The molecule has 1 heterocycles. The molecule has 1 N–H and O–H groups in total. The van der Waals surface area contributed by atoms with E-state index < -0.39 is 0 Å². The topological polar surface area (TPSA) is 49.4 Å². The smallest absolute Gasteiger partial charge is 0.242 e. The molecule has 2 amide bonds. The number of hydrogen-bond acceptors (Lipinski definition) is 2. The molecule has 1 fully saturated rings. The van der Waals surface area contributed by atoms with Crippen molar-refractivity contribution < 1.29 is 9.59 Å². The van der Waals surface area contributed by atoms with Gasteiger partial charge in [0.05, 0.1) is 0 Å². The molecule has 0 spiro atoms. The third-order valence-corrected chi connectivity index (χ3v) is 4.66. The van der Waals surface area contributed by atoms with E-state index in [9.17, 15) is 9.59 Å². The number of carbonyl (C=O) groups excluding carboxylic acids is 2. The molecule has 0 radical (unpaired) electrons. The molecule has 1 saturated heterocycles. The standard InChI is InChI=1S/C20H21ClN2O2/c21-17-8-4-7-15(13-17)11-12-22-20(25)18-9-10-19(24)23(18)14-16-5-2-1-3-6-16/h1-8,13,18H,9-12,14H2,(H,22,25). The third kappa shape index (κ3) is 4.60. The van der Waals surface area contributed by atoms with Crippen molar-refractivity contribution in [2.45, 2.75) is 31.8 Å². The van der Waals surface area contributed by atoms with Gasteiger partial charge >= 0.3 is 0 Å². The number of likely N-dealkylation sites (tertiary alicyclic amines) is 1. The fourth-order valence-corrected chi connectivity index (χ4v) is 3.34. The molecular weight excluding hydrogens is 336 g/mol. The van der Waals surface area contributed by atoms with Crippen LogP contribution in [0.5, 0.6) is 0 Å². The molecule has 1 aliphatic rings. The first-order valence-electron chi connectivity index (χ1n) is 8.49. The summed E-state index contributed by atoms with van der Waals surface area (Å²) in [5.41, 5.74) is 2.12. The second-order valence-electron chi connectivity index (χ2n) is 6.23. The van der Waals surface area contributed by atoms with Crippen molar-refractivity contribution in [2.75, 3.05) is 6.54 Å². The number of nitrogens with one attached hydrogen (secondary N) is 1. The summed E-state index contributed by atoms with van der Waals surface area (Å²) in [4.78, 5) is 26.4. The minimum atomic E-state index is -0.382. The van der Waals surface area contributed by atoms with Gasteiger partial charge in [-0.3, -0.25) is 9.59 Å². The zero-order chi connectivity index (χ0) is 17.6. The molecule has 0 aliphatic carbocycles. The zero-order valence-electron chi connectivity index (χ0n) is 14.0. The maximum Gasteiger partial charge on any atom is 0.242 e. The van der Waals surface area contributed by atoms with Gasteiger partial charge in [-0.1, -0.05) is 54.1 Å². The maximum atomic E-state index is 12.5. The fourth-order valence-electron chi connectivity index (χ4n) is 3.12. The fraction of sp³-hybridized carbons (Fsp3) is 0.300. The van der Waals surface area contributed by atoms with Crippen molar-refractivity contribution in [2.24, 2.45) is 0 Å². The second-order valence-corrected chi connectivity index (χ2v) is 6.67. The number of amides is 2. The second kappa shape index (κ2) is 8.17. The predicted molar refractivity (Wildman–Crippen MR) is 98.2 cm³/mol. The summed E-state index contributed by atoms with van der Waals surface area (Å²) in [7, 11) is 0. The molecule has 2 aromatic rings. The van der Waals surface area contributed by atoms with Gasteiger partial charge in [0.15, 0.2) is 0 Å². The lowest BCUT2D eigenvalue weighted by Crippen LogP contribution is -2.44. The highest BCUT2D eigenvalue weighted by molar-refractivity contribution is 6.30. The Bertz CT molecular complexity index is 748. The van der Waals surface area contributed by atoms with E-state index in [0.717, 1.165) is 11.1 Å². The summed E-state index contributed by atoms with van der Waals surface area (Å²) < 4.78 is 0.